The smallest absolute Gasteiger partial charge is 0.335 e. The van der Waals surface area contributed by atoms with Crippen LogP contribution in [0, 0.1) is 6.92 Å². The number of carboxylic acids is 2. The van der Waals surface area contributed by atoms with Gasteiger partial charge in [-0.2, -0.15) is 0 Å². The maximum atomic E-state index is 11.0. The van der Waals surface area contributed by atoms with Gasteiger partial charge in [-0.1, -0.05) is 80.5 Å². The monoisotopic (exact) mass is 703 g/mol. The minimum absolute atomic E-state index is 0. The van der Waals surface area contributed by atoms with E-state index in [9.17, 15) is 19.8 Å². The summed E-state index contributed by atoms with van der Waals surface area (Å²) in [6.07, 6.45) is 3.52. The van der Waals surface area contributed by atoms with E-state index in [0.29, 0.717) is 6.54 Å². The Hall–Kier alpha value is -3.95. The Morgan fingerprint density at radius 1 is 0.667 bits per heavy atom. The molecule has 0 heterocycles. The van der Waals surface area contributed by atoms with E-state index < -0.39 is 17.5 Å². The predicted molar refractivity (Wildman–Crippen MR) is 192 cm³/mol. The molecule has 0 aromatic heterocycles. The number of aryl methyl sites for hydroxylation is 1. The molecule has 0 unspecified atom stereocenters. The van der Waals surface area contributed by atoms with Crippen LogP contribution in [0.5, 0.6) is 11.5 Å². The van der Waals surface area contributed by atoms with E-state index >= 15 is 0 Å². The summed E-state index contributed by atoms with van der Waals surface area (Å²) in [7, 11) is 0. The molecule has 0 aliphatic carbocycles. The largest absolute Gasteiger partial charge is 0.507 e. The molecule has 3 rings (SSSR count). The number of phenolic OH excluding ortho intramolecular Hbond substituents is 2. The van der Waals surface area contributed by atoms with Crippen molar-refractivity contribution in [1.82, 2.24) is 0 Å². The summed E-state index contributed by atoms with van der Waals surface area (Å²) in [5, 5.41) is 38.8. The first-order valence-corrected chi connectivity index (χ1v) is 15.7. The van der Waals surface area contributed by atoms with Crippen LogP contribution in [0.25, 0.3) is 0 Å². The molecule has 0 saturated heterocycles. The molecule has 0 fully saturated rings. The van der Waals surface area contributed by atoms with Crippen molar-refractivity contribution in [2.45, 2.75) is 105 Å². The molecule has 263 valence electrons. The second kappa shape index (κ2) is 16.0. The van der Waals surface area contributed by atoms with Crippen LogP contribution in [-0.4, -0.2) is 56.9 Å². The van der Waals surface area contributed by atoms with Gasteiger partial charge < -0.3 is 20.4 Å². The average molecular weight is 704 g/mol. The number of hydrogen-bond acceptors (Lipinski definition) is 6. The van der Waals surface area contributed by atoms with Crippen LogP contribution in [0.15, 0.2) is 58.5 Å². The van der Waals surface area contributed by atoms with Gasteiger partial charge in [0.2, 0.25) is 0 Å². The van der Waals surface area contributed by atoms with Gasteiger partial charge in [-0.15, -0.1) is 0 Å². The zero-order valence-corrected chi connectivity index (χ0v) is 31.4. The van der Waals surface area contributed by atoms with Crippen molar-refractivity contribution >= 4 is 24.4 Å². The summed E-state index contributed by atoms with van der Waals surface area (Å²) in [5.74, 6) is -1.68. The summed E-state index contributed by atoms with van der Waals surface area (Å²) in [6, 6.07) is 13.3. The number of phenols is 2. The van der Waals surface area contributed by atoms with Crippen molar-refractivity contribution in [3.63, 3.8) is 0 Å². The van der Waals surface area contributed by atoms with Crippen LogP contribution in [0.1, 0.15) is 130 Å². The maximum Gasteiger partial charge on any atom is 0.335 e. The summed E-state index contributed by atoms with van der Waals surface area (Å²) in [6.45, 7) is 25.7. The second-order valence-electron chi connectivity index (χ2n) is 15.7. The Morgan fingerprint density at radius 3 is 1.56 bits per heavy atom. The van der Waals surface area contributed by atoms with Gasteiger partial charge in [0.05, 0.1) is 23.2 Å². The number of nitrogens with zero attached hydrogens (tertiary/aromatic N) is 2. The third-order valence-corrected chi connectivity index (χ3v) is 7.52. The topological polar surface area (TPSA) is 140 Å². The molecule has 0 spiro atoms. The first-order valence-electron chi connectivity index (χ1n) is 15.7. The average Bonchev–Trinajstić information content (AvgIpc) is 2.92. The number of rotatable bonds is 7. The maximum absolute atomic E-state index is 11.0. The molecule has 1 radical (unpaired) electrons. The predicted octanol–water partition coefficient (Wildman–Crippen LogP) is 8.70. The second-order valence-corrected chi connectivity index (χ2v) is 15.7. The van der Waals surface area contributed by atoms with E-state index in [1.807, 2.05) is 39.0 Å². The van der Waals surface area contributed by atoms with E-state index in [1.54, 1.807) is 12.4 Å². The number of aromatic hydroxyl groups is 2. The zero-order valence-electron chi connectivity index (χ0n) is 30.3. The standard InChI is InChI=1S/C31H46N2O2.C8H6O4.Co/c1-20-13-21(26(34)24(14-20)29(5,6)7)17-32-19-31(11,12)33-18-22-15-23(28(2,3)4)16-25(27(22)35)30(8,9)10;9-7(10)5-2-1-3-6(4-5)8(11)12;/h13-18,34-35H,19H2,1-12H3;1-4H,(H,9,10)(H,11,12);. The van der Waals surface area contributed by atoms with Gasteiger partial charge in [0.25, 0.3) is 0 Å². The normalized spacial score (nSPS) is 12.4. The van der Waals surface area contributed by atoms with E-state index in [-0.39, 0.29) is 55.6 Å². The minimum Gasteiger partial charge on any atom is -0.507 e. The van der Waals surface area contributed by atoms with Crippen molar-refractivity contribution in [3.05, 3.63) is 93.0 Å². The van der Waals surface area contributed by atoms with Gasteiger partial charge in [0.1, 0.15) is 11.5 Å². The van der Waals surface area contributed by atoms with Crippen LogP contribution >= 0.6 is 0 Å². The number of carbonyl (C=O) groups is 2. The molecule has 8 nitrogen and oxygen atoms in total. The molecule has 3 aromatic carbocycles. The van der Waals surface area contributed by atoms with Crippen LogP contribution in [-0.2, 0) is 33.0 Å². The molecule has 0 saturated carbocycles. The quantitative estimate of drug-likeness (QED) is 0.182. The van der Waals surface area contributed by atoms with Gasteiger partial charge in [-0.3, -0.25) is 9.98 Å². The van der Waals surface area contributed by atoms with Crippen molar-refractivity contribution in [1.29, 1.82) is 0 Å². The van der Waals surface area contributed by atoms with Crippen LogP contribution in [0.4, 0.5) is 0 Å². The molecule has 48 heavy (non-hydrogen) atoms. The number of aromatic carboxylic acids is 2. The Labute approximate surface area is 296 Å². The molecular formula is C39H52CoN2O6. The summed E-state index contributed by atoms with van der Waals surface area (Å²) < 4.78 is 0. The molecule has 0 amide bonds. The van der Waals surface area contributed by atoms with E-state index in [2.05, 4.69) is 73.4 Å². The van der Waals surface area contributed by atoms with Gasteiger partial charge in [0.15, 0.2) is 0 Å². The molecule has 0 bridgehead atoms. The number of aliphatic imine (C=N–C) groups is 2. The Morgan fingerprint density at radius 2 is 1.12 bits per heavy atom. The van der Waals surface area contributed by atoms with Crippen molar-refractivity contribution in [2.24, 2.45) is 9.98 Å². The number of carboxylic acid groups (broad SMARTS) is 2. The van der Waals surface area contributed by atoms with Crippen molar-refractivity contribution in [2.75, 3.05) is 6.54 Å². The number of hydrogen-bond donors (Lipinski definition) is 4. The zero-order chi connectivity index (χ0) is 36.1. The van der Waals surface area contributed by atoms with E-state index in [4.69, 9.17) is 15.2 Å². The fraction of sp³-hybridized carbons (Fsp3) is 0.436. The molecule has 0 atom stereocenters. The molecule has 0 aliphatic rings. The fourth-order valence-electron chi connectivity index (χ4n) is 4.67. The third-order valence-electron chi connectivity index (χ3n) is 7.52. The first kappa shape index (κ1) is 42.1. The van der Waals surface area contributed by atoms with Crippen LogP contribution < -0.4 is 0 Å². The SMILES string of the molecule is Cc1cc(C=NCC(C)(C)N=Cc2cc(C(C)(C)C)cc(C(C)(C)C)c2O)c(O)c(C(C)(C)C)c1.O=C(O)c1cccc(C(=O)O)c1.[Co]. The van der Waals surface area contributed by atoms with Crippen LogP contribution in [0.3, 0.4) is 0 Å². The van der Waals surface area contributed by atoms with Crippen molar-refractivity contribution < 1.29 is 46.8 Å². The third kappa shape index (κ3) is 11.9. The van der Waals surface area contributed by atoms with Crippen LogP contribution in [0.2, 0.25) is 0 Å². The molecule has 4 N–H and O–H groups in total. The number of benzene rings is 3. The Bertz CT molecular complexity index is 1640. The van der Waals surface area contributed by atoms with Gasteiger partial charge in [-0.25, -0.2) is 9.59 Å². The molecule has 3 aromatic rings. The van der Waals surface area contributed by atoms with Gasteiger partial charge >= 0.3 is 11.9 Å². The molecule has 0 aliphatic heterocycles. The van der Waals surface area contributed by atoms with Crippen molar-refractivity contribution in [3.8, 4) is 11.5 Å². The van der Waals surface area contributed by atoms with E-state index in [1.165, 1.54) is 23.8 Å². The summed E-state index contributed by atoms with van der Waals surface area (Å²) in [5.41, 5.74) is 4.65. The Balaban J connectivity index is 0.000000745. The van der Waals surface area contributed by atoms with Gasteiger partial charge in [0, 0.05) is 51.5 Å². The summed E-state index contributed by atoms with van der Waals surface area (Å²) in [4.78, 5) is 30.2. The molecular weight excluding hydrogens is 651 g/mol. The van der Waals surface area contributed by atoms with Gasteiger partial charge in [-0.05, 0) is 78.5 Å². The molecule has 9 heteroatoms. The summed E-state index contributed by atoms with van der Waals surface area (Å²) >= 11 is 0. The first-order chi connectivity index (χ1) is 21.3. The van der Waals surface area contributed by atoms with E-state index in [0.717, 1.165) is 33.9 Å². The fourth-order valence-corrected chi connectivity index (χ4v) is 4.67. The minimum atomic E-state index is -1.13. The Kier molecular flexibility index (Phi) is 14.0.